The summed E-state index contributed by atoms with van der Waals surface area (Å²) >= 11 is 0. The van der Waals surface area contributed by atoms with E-state index in [-0.39, 0.29) is 24.0 Å². The minimum absolute atomic E-state index is 0.0195. The molecule has 0 aliphatic carbocycles. The lowest BCUT2D eigenvalue weighted by atomic mass is 10.1. The molecule has 1 saturated heterocycles. The van der Waals surface area contributed by atoms with E-state index in [0.29, 0.717) is 18.8 Å². The summed E-state index contributed by atoms with van der Waals surface area (Å²) in [5.41, 5.74) is 2.00. The highest BCUT2D eigenvalue weighted by Gasteiger charge is 2.35. The van der Waals surface area contributed by atoms with Crippen LogP contribution in [0.4, 0.5) is 11.4 Å². The van der Waals surface area contributed by atoms with E-state index in [1.165, 1.54) is 0 Å². The average Bonchev–Trinajstić information content (AvgIpc) is 3.00. The van der Waals surface area contributed by atoms with Crippen LogP contribution in [0, 0.1) is 12.8 Å². The molecule has 6 nitrogen and oxygen atoms in total. The monoisotopic (exact) mass is 354 g/mol. The Labute approximate surface area is 152 Å². The zero-order chi connectivity index (χ0) is 18.7. The predicted octanol–water partition coefficient (Wildman–Crippen LogP) is 3.09. The van der Waals surface area contributed by atoms with Crippen molar-refractivity contribution in [2.24, 2.45) is 5.92 Å². The van der Waals surface area contributed by atoms with Crippen LogP contribution in [-0.4, -0.2) is 30.1 Å². The summed E-state index contributed by atoms with van der Waals surface area (Å²) in [6, 6.07) is 12.3. The number of carbonyl (C=O) groups is 2. The maximum Gasteiger partial charge on any atom is 0.229 e. The summed E-state index contributed by atoms with van der Waals surface area (Å²) < 4.78 is 5.40. The van der Waals surface area contributed by atoms with E-state index in [9.17, 15) is 14.7 Å². The average molecular weight is 354 g/mol. The number of hydrogen-bond donors (Lipinski definition) is 2. The Morgan fingerprint density at radius 3 is 2.65 bits per heavy atom. The van der Waals surface area contributed by atoms with Crippen molar-refractivity contribution in [3.05, 3.63) is 48.0 Å². The molecule has 1 aliphatic heterocycles. The van der Waals surface area contributed by atoms with Crippen LogP contribution in [0.2, 0.25) is 0 Å². The summed E-state index contributed by atoms with van der Waals surface area (Å²) in [6.45, 7) is 4.66. The molecular formula is C20H22N2O4. The van der Waals surface area contributed by atoms with Crippen LogP contribution in [0.1, 0.15) is 18.9 Å². The third-order valence-electron chi connectivity index (χ3n) is 4.37. The first-order valence-corrected chi connectivity index (χ1v) is 8.61. The van der Waals surface area contributed by atoms with Crippen molar-refractivity contribution in [2.45, 2.75) is 20.3 Å². The molecule has 1 atom stereocenters. The summed E-state index contributed by atoms with van der Waals surface area (Å²) in [6.07, 6.45) is 0.145. The first-order valence-electron chi connectivity index (χ1n) is 8.61. The zero-order valence-corrected chi connectivity index (χ0v) is 14.9. The van der Waals surface area contributed by atoms with E-state index in [2.05, 4.69) is 5.32 Å². The van der Waals surface area contributed by atoms with Crippen molar-refractivity contribution in [3.63, 3.8) is 0 Å². The van der Waals surface area contributed by atoms with Gasteiger partial charge in [-0.2, -0.15) is 0 Å². The van der Waals surface area contributed by atoms with Crippen LogP contribution in [0.3, 0.4) is 0 Å². The summed E-state index contributed by atoms with van der Waals surface area (Å²) in [5, 5.41) is 12.6. The third kappa shape index (κ3) is 3.79. The second kappa shape index (κ2) is 7.47. The molecular weight excluding hydrogens is 332 g/mol. The Hall–Kier alpha value is -3.02. The zero-order valence-electron chi connectivity index (χ0n) is 14.9. The van der Waals surface area contributed by atoms with Crippen LogP contribution >= 0.6 is 0 Å². The molecule has 26 heavy (non-hydrogen) atoms. The van der Waals surface area contributed by atoms with E-state index in [1.54, 1.807) is 23.1 Å². The van der Waals surface area contributed by atoms with Crippen molar-refractivity contribution < 1.29 is 19.4 Å². The van der Waals surface area contributed by atoms with E-state index in [4.69, 9.17) is 4.74 Å². The van der Waals surface area contributed by atoms with Gasteiger partial charge in [-0.25, -0.2) is 0 Å². The van der Waals surface area contributed by atoms with E-state index >= 15 is 0 Å². The van der Waals surface area contributed by atoms with Crippen LogP contribution in [-0.2, 0) is 9.59 Å². The number of hydrogen-bond acceptors (Lipinski definition) is 4. The van der Waals surface area contributed by atoms with Crippen LogP contribution in [0.15, 0.2) is 42.5 Å². The fraction of sp³-hybridized carbons (Fsp3) is 0.300. The number of nitrogens with zero attached hydrogens (tertiary/aromatic N) is 1. The van der Waals surface area contributed by atoms with Crippen molar-refractivity contribution >= 4 is 23.2 Å². The topological polar surface area (TPSA) is 78.9 Å². The number of aryl methyl sites for hydroxylation is 1. The second-order valence-corrected chi connectivity index (χ2v) is 6.34. The molecule has 3 rings (SSSR count). The number of benzene rings is 2. The summed E-state index contributed by atoms with van der Waals surface area (Å²) in [5.74, 6) is -0.0683. The van der Waals surface area contributed by atoms with Gasteiger partial charge in [0.1, 0.15) is 11.5 Å². The standard InChI is InChI=1S/C20H22N2O4/c1-3-26-16-7-5-15(6-8-16)22-12-14(11-19(22)24)20(25)21-17-9-4-13(2)10-18(17)23/h4-10,14,23H,3,11-12H2,1-2H3,(H,21,25)/t14-/m0/s1. The number of anilines is 2. The number of amides is 2. The molecule has 1 aliphatic rings. The lowest BCUT2D eigenvalue weighted by Crippen LogP contribution is -2.28. The van der Waals surface area contributed by atoms with Crippen molar-refractivity contribution in [2.75, 3.05) is 23.4 Å². The molecule has 6 heteroatoms. The normalized spacial score (nSPS) is 16.6. The van der Waals surface area contributed by atoms with Gasteiger partial charge in [-0.05, 0) is 55.8 Å². The molecule has 0 radical (unpaired) electrons. The van der Waals surface area contributed by atoms with Crippen LogP contribution < -0.4 is 15.0 Å². The molecule has 0 unspecified atom stereocenters. The number of phenols is 1. The molecule has 2 aromatic carbocycles. The van der Waals surface area contributed by atoms with Gasteiger partial charge in [0, 0.05) is 18.7 Å². The maximum absolute atomic E-state index is 12.5. The highest BCUT2D eigenvalue weighted by Crippen LogP contribution is 2.29. The number of aromatic hydroxyl groups is 1. The fourth-order valence-electron chi connectivity index (χ4n) is 3.00. The molecule has 1 fully saturated rings. The SMILES string of the molecule is CCOc1ccc(N2C[C@@H](C(=O)Nc3ccc(C)cc3O)CC2=O)cc1. The number of ether oxygens (including phenoxy) is 1. The smallest absolute Gasteiger partial charge is 0.229 e. The number of rotatable bonds is 5. The van der Waals surface area contributed by atoms with Crippen LogP contribution in [0.5, 0.6) is 11.5 Å². The Balaban J connectivity index is 1.67. The van der Waals surface area contributed by atoms with Gasteiger partial charge >= 0.3 is 0 Å². The van der Waals surface area contributed by atoms with Gasteiger partial charge in [-0.1, -0.05) is 6.07 Å². The highest BCUT2D eigenvalue weighted by atomic mass is 16.5. The van der Waals surface area contributed by atoms with Crippen molar-refractivity contribution in [1.82, 2.24) is 0 Å². The molecule has 136 valence electrons. The summed E-state index contributed by atoms with van der Waals surface area (Å²) in [4.78, 5) is 26.4. The molecule has 2 amide bonds. The van der Waals surface area contributed by atoms with Crippen molar-refractivity contribution in [3.8, 4) is 11.5 Å². The Morgan fingerprint density at radius 2 is 2.00 bits per heavy atom. The molecule has 0 aromatic heterocycles. The summed E-state index contributed by atoms with van der Waals surface area (Å²) in [7, 11) is 0. The Bertz CT molecular complexity index is 817. The molecule has 0 bridgehead atoms. The number of phenolic OH excluding ortho intramolecular Hbond substituents is 1. The molecule has 2 aromatic rings. The van der Waals surface area contributed by atoms with E-state index < -0.39 is 5.92 Å². The van der Waals surface area contributed by atoms with Gasteiger partial charge in [0.25, 0.3) is 0 Å². The largest absolute Gasteiger partial charge is 0.506 e. The molecule has 0 saturated carbocycles. The third-order valence-corrected chi connectivity index (χ3v) is 4.37. The Morgan fingerprint density at radius 1 is 1.27 bits per heavy atom. The van der Waals surface area contributed by atoms with Gasteiger partial charge in [0.05, 0.1) is 18.2 Å². The van der Waals surface area contributed by atoms with Gasteiger partial charge in [0.2, 0.25) is 11.8 Å². The van der Waals surface area contributed by atoms with Gasteiger partial charge < -0.3 is 20.1 Å². The maximum atomic E-state index is 12.5. The first kappa shape index (κ1) is 17.8. The number of nitrogens with one attached hydrogen (secondary N) is 1. The minimum atomic E-state index is -0.463. The van der Waals surface area contributed by atoms with Gasteiger partial charge in [-0.15, -0.1) is 0 Å². The lowest BCUT2D eigenvalue weighted by molar-refractivity contribution is -0.122. The predicted molar refractivity (Wildman–Crippen MR) is 99.5 cm³/mol. The van der Waals surface area contributed by atoms with E-state index in [0.717, 1.165) is 17.0 Å². The van der Waals surface area contributed by atoms with E-state index in [1.807, 2.05) is 38.1 Å². The molecule has 2 N–H and O–H groups in total. The van der Waals surface area contributed by atoms with Gasteiger partial charge in [-0.3, -0.25) is 9.59 Å². The molecule has 0 spiro atoms. The lowest BCUT2D eigenvalue weighted by Gasteiger charge is -2.17. The molecule has 1 heterocycles. The van der Waals surface area contributed by atoms with Crippen molar-refractivity contribution in [1.29, 1.82) is 0 Å². The second-order valence-electron chi connectivity index (χ2n) is 6.34. The number of carbonyl (C=O) groups excluding carboxylic acids is 2. The van der Waals surface area contributed by atoms with Gasteiger partial charge in [0.15, 0.2) is 0 Å². The Kier molecular flexibility index (Phi) is 5.11. The highest BCUT2D eigenvalue weighted by molar-refractivity contribution is 6.03. The quantitative estimate of drug-likeness (QED) is 0.809. The first-order chi connectivity index (χ1) is 12.5. The van der Waals surface area contributed by atoms with Crippen LogP contribution in [0.25, 0.3) is 0 Å². The fourth-order valence-corrected chi connectivity index (χ4v) is 3.00. The minimum Gasteiger partial charge on any atom is -0.506 e.